The van der Waals surface area contributed by atoms with Crippen molar-refractivity contribution >= 4 is 29.3 Å². The Morgan fingerprint density at radius 2 is 1.43 bits per heavy atom. The highest BCUT2D eigenvalue weighted by atomic mass is 16.5. The molecule has 49 heavy (non-hydrogen) atoms. The number of likely N-dealkylation sites (tertiary alicyclic amines) is 1. The van der Waals surface area contributed by atoms with E-state index in [0.29, 0.717) is 30.0 Å². The first-order valence-electron chi connectivity index (χ1n) is 16.8. The third-order valence-electron chi connectivity index (χ3n) is 11.1. The summed E-state index contributed by atoms with van der Waals surface area (Å²) in [5.41, 5.74) is 2.39. The number of benzene rings is 4. The van der Waals surface area contributed by atoms with Crippen molar-refractivity contribution in [3.8, 4) is 11.5 Å². The molecular formula is C41H36N2O6. The van der Waals surface area contributed by atoms with Crippen LogP contribution in [0.5, 0.6) is 11.5 Å². The lowest BCUT2D eigenvalue weighted by atomic mass is 9.51. The van der Waals surface area contributed by atoms with Gasteiger partial charge in [0.2, 0.25) is 23.6 Å². The zero-order valence-corrected chi connectivity index (χ0v) is 27.1. The van der Waals surface area contributed by atoms with E-state index in [1.165, 1.54) is 9.80 Å². The smallest absolute Gasteiger partial charge is 0.241 e. The SMILES string of the molecule is C[C@@]12C(=O)N(c3ccccc3)C(=O)[C@@H]1C[C@@H]1C(=CC[C@@H]3C(=O)N(Cc4ccccc4)C(=O)[C@@H]31)[C@@H]2c1ccc(OCc2ccccc2)cc1O. The van der Waals surface area contributed by atoms with Gasteiger partial charge < -0.3 is 9.84 Å². The van der Waals surface area contributed by atoms with Gasteiger partial charge in [-0.15, -0.1) is 0 Å². The number of carbonyl (C=O) groups is 4. The molecule has 0 bridgehead atoms. The van der Waals surface area contributed by atoms with Gasteiger partial charge in [-0.1, -0.05) is 96.6 Å². The van der Waals surface area contributed by atoms with E-state index in [9.17, 15) is 24.3 Å². The minimum Gasteiger partial charge on any atom is -0.508 e. The quantitative estimate of drug-likeness (QED) is 0.183. The Bertz CT molecular complexity index is 1990. The van der Waals surface area contributed by atoms with Crippen LogP contribution in [0.2, 0.25) is 0 Å². The van der Waals surface area contributed by atoms with E-state index >= 15 is 0 Å². The van der Waals surface area contributed by atoms with Crippen LogP contribution < -0.4 is 9.64 Å². The number of anilines is 1. The fraction of sp³-hybridized carbons (Fsp3) is 0.268. The summed E-state index contributed by atoms with van der Waals surface area (Å²) in [7, 11) is 0. The van der Waals surface area contributed by atoms with Crippen LogP contribution in [0.4, 0.5) is 5.69 Å². The van der Waals surface area contributed by atoms with Gasteiger partial charge in [0.25, 0.3) is 0 Å². The Balaban J connectivity index is 1.20. The molecule has 4 amide bonds. The second kappa shape index (κ2) is 11.9. The summed E-state index contributed by atoms with van der Waals surface area (Å²) in [6, 6.07) is 33.1. The van der Waals surface area contributed by atoms with E-state index in [4.69, 9.17) is 4.74 Å². The first-order valence-corrected chi connectivity index (χ1v) is 16.8. The van der Waals surface area contributed by atoms with Crippen molar-refractivity contribution in [3.63, 3.8) is 0 Å². The van der Waals surface area contributed by atoms with Gasteiger partial charge in [0, 0.05) is 17.5 Å². The second-order valence-corrected chi connectivity index (χ2v) is 13.7. The molecule has 4 aliphatic rings. The number of fused-ring (bicyclic) bond motifs is 4. The van der Waals surface area contributed by atoms with Crippen LogP contribution in [0, 0.1) is 29.1 Å². The summed E-state index contributed by atoms with van der Waals surface area (Å²) >= 11 is 0. The minimum atomic E-state index is -1.25. The van der Waals surface area contributed by atoms with E-state index in [1.54, 1.807) is 42.5 Å². The number of hydrogen-bond donors (Lipinski definition) is 1. The second-order valence-electron chi connectivity index (χ2n) is 13.7. The number of para-hydroxylation sites is 1. The lowest BCUT2D eigenvalue weighted by Crippen LogP contribution is -2.48. The predicted molar refractivity (Wildman–Crippen MR) is 182 cm³/mol. The van der Waals surface area contributed by atoms with Gasteiger partial charge in [0.05, 0.1) is 35.4 Å². The minimum absolute atomic E-state index is 0.0582. The molecule has 1 N–H and O–H groups in total. The molecule has 0 unspecified atom stereocenters. The molecule has 4 aromatic rings. The van der Waals surface area contributed by atoms with Crippen molar-refractivity contribution in [1.29, 1.82) is 0 Å². The Labute approximate surface area is 284 Å². The van der Waals surface area contributed by atoms with Crippen LogP contribution in [-0.4, -0.2) is 33.6 Å². The van der Waals surface area contributed by atoms with Gasteiger partial charge in [-0.3, -0.25) is 24.1 Å². The molecule has 0 spiro atoms. The number of imide groups is 2. The molecule has 8 nitrogen and oxygen atoms in total. The summed E-state index contributed by atoms with van der Waals surface area (Å²) in [5, 5.41) is 11.6. The average molecular weight is 653 g/mol. The van der Waals surface area contributed by atoms with Crippen LogP contribution in [-0.2, 0) is 32.3 Å². The Hall–Kier alpha value is -5.50. The first kappa shape index (κ1) is 30.8. The molecule has 2 heterocycles. The molecular weight excluding hydrogens is 616 g/mol. The lowest BCUT2D eigenvalue weighted by Gasteiger charge is -2.49. The number of rotatable bonds is 7. The van der Waals surface area contributed by atoms with Crippen molar-refractivity contribution < 1.29 is 29.0 Å². The predicted octanol–water partition coefficient (Wildman–Crippen LogP) is 6.40. The number of allylic oxidation sites excluding steroid dienone is 2. The third-order valence-corrected chi connectivity index (χ3v) is 11.1. The molecule has 8 heteroatoms. The van der Waals surface area contributed by atoms with Crippen molar-refractivity contribution in [2.24, 2.45) is 29.1 Å². The Morgan fingerprint density at radius 1 is 0.776 bits per heavy atom. The highest BCUT2D eigenvalue weighted by molar-refractivity contribution is 6.24. The molecule has 2 saturated heterocycles. The Kier molecular flexibility index (Phi) is 7.47. The molecule has 3 fully saturated rings. The van der Waals surface area contributed by atoms with Gasteiger partial charge in [-0.25, -0.2) is 4.90 Å². The lowest BCUT2D eigenvalue weighted by molar-refractivity contribution is -0.141. The Morgan fingerprint density at radius 3 is 2.10 bits per heavy atom. The summed E-state index contributed by atoms with van der Waals surface area (Å²) in [4.78, 5) is 59.6. The van der Waals surface area contributed by atoms with Gasteiger partial charge in [-0.2, -0.15) is 0 Å². The molecule has 1 saturated carbocycles. The topological polar surface area (TPSA) is 104 Å². The first-order chi connectivity index (χ1) is 23.8. The molecule has 8 rings (SSSR count). The zero-order valence-electron chi connectivity index (χ0n) is 27.1. The summed E-state index contributed by atoms with van der Waals surface area (Å²) in [6.45, 7) is 2.31. The van der Waals surface area contributed by atoms with E-state index in [0.717, 1.165) is 16.7 Å². The molecule has 0 radical (unpaired) electrons. The van der Waals surface area contributed by atoms with Crippen LogP contribution in [0.25, 0.3) is 0 Å². The number of ether oxygens (including phenoxy) is 1. The normalized spacial score (nSPS) is 27.4. The van der Waals surface area contributed by atoms with Gasteiger partial charge >= 0.3 is 0 Å². The maximum Gasteiger partial charge on any atom is 0.241 e. The maximum atomic E-state index is 14.6. The number of carbonyl (C=O) groups excluding carboxylic acids is 4. The van der Waals surface area contributed by atoms with Gasteiger partial charge in [0.15, 0.2) is 0 Å². The average Bonchev–Trinajstić information content (AvgIpc) is 3.48. The summed E-state index contributed by atoms with van der Waals surface area (Å²) < 4.78 is 6.00. The molecule has 2 aliphatic heterocycles. The third kappa shape index (κ3) is 4.88. The van der Waals surface area contributed by atoms with E-state index < -0.39 is 35.0 Å². The van der Waals surface area contributed by atoms with Crippen molar-refractivity contribution in [1.82, 2.24) is 4.90 Å². The molecule has 2 aliphatic carbocycles. The number of amides is 4. The zero-order chi connectivity index (χ0) is 33.9. The van der Waals surface area contributed by atoms with Crippen LogP contribution in [0.15, 0.2) is 121 Å². The van der Waals surface area contributed by atoms with Crippen LogP contribution in [0.1, 0.15) is 42.4 Å². The van der Waals surface area contributed by atoms with Crippen molar-refractivity contribution in [2.75, 3.05) is 4.90 Å². The monoisotopic (exact) mass is 652 g/mol. The number of phenols is 1. The van der Waals surface area contributed by atoms with Crippen LogP contribution >= 0.6 is 0 Å². The maximum absolute atomic E-state index is 14.6. The summed E-state index contributed by atoms with van der Waals surface area (Å²) in [5.74, 6) is -3.87. The largest absolute Gasteiger partial charge is 0.508 e. The molecule has 0 aromatic heterocycles. The number of hydrogen-bond acceptors (Lipinski definition) is 6. The molecule has 246 valence electrons. The number of nitrogens with zero attached hydrogens (tertiary/aromatic N) is 2. The molecule has 4 aromatic carbocycles. The fourth-order valence-electron chi connectivity index (χ4n) is 8.77. The highest BCUT2D eigenvalue weighted by Gasteiger charge is 2.67. The van der Waals surface area contributed by atoms with E-state index in [2.05, 4.69) is 0 Å². The van der Waals surface area contributed by atoms with Crippen molar-refractivity contribution in [3.05, 3.63) is 138 Å². The molecule has 6 atom stereocenters. The van der Waals surface area contributed by atoms with Crippen LogP contribution in [0.3, 0.4) is 0 Å². The fourth-order valence-corrected chi connectivity index (χ4v) is 8.77. The van der Waals surface area contributed by atoms with Gasteiger partial charge in [-0.05, 0) is 55.0 Å². The van der Waals surface area contributed by atoms with Gasteiger partial charge in [0.1, 0.15) is 18.1 Å². The number of aromatic hydroxyl groups is 1. The number of phenolic OH excluding ortho intramolecular Hbond substituents is 1. The standard InChI is InChI=1S/C41H36N2O6/c1-41-33(38(46)43(40(41)48)27-15-9-4-10-16-27)22-32-29(19-20-31-35(32)39(47)42(37(31)45)23-25-11-5-2-6-12-25)36(41)30-18-17-28(21-34(30)44)49-24-26-13-7-3-8-14-26/h2-19,21,31-33,35-36,44H,20,22-24H2,1H3/t31-,32+,33-,35-,36+,41+/m0/s1. The summed E-state index contributed by atoms with van der Waals surface area (Å²) in [6.07, 6.45) is 2.59. The van der Waals surface area contributed by atoms with E-state index in [-0.39, 0.29) is 42.3 Å². The highest BCUT2D eigenvalue weighted by Crippen LogP contribution is 2.64. The van der Waals surface area contributed by atoms with Crippen molar-refractivity contribution in [2.45, 2.75) is 38.8 Å². The van der Waals surface area contributed by atoms with E-state index in [1.807, 2.05) is 79.7 Å².